The van der Waals surface area contributed by atoms with Gasteiger partial charge in [0.1, 0.15) is 0 Å². The van der Waals surface area contributed by atoms with Crippen molar-refractivity contribution in [3.63, 3.8) is 0 Å². The number of carboxylic acid groups (broad SMARTS) is 1. The fourth-order valence-corrected chi connectivity index (χ4v) is 2.47. The van der Waals surface area contributed by atoms with Crippen molar-refractivity contribution >= 4 is 5.97 Å². The number of aliphatic carboxylic acids is 1. The fraction of sp³-hybridized carbons (Fsp3) is 0.562. The van der Waals surface area contributed by atoms with Crippen molar-refractivity contribution in [2.45, 2.75) is 38.7 Å². The molecule has 3 N–H and O–H groups in total. The zero-order valence-corrected chi connectivity index (χ0v) is 12.5. The number of rotatable bonds is 8. The second-order valence-corrected chi connectivity index (χ2v) is 6.03. The highest BCUT2D eigenvalue weighted by molar-refractivity contribution is 5.76. The van der Waals surface area contributed by atoms with Crippen molar-refractivity contribution in [2.75, 3.05) is 13.1 Å². The van der Waals surface area contributed by atoms with E-state index in [1.807, 2.05) is 30.3 Å². The van der Waals surface area contributed by atoms with E-state index < -0.39 is 17.5 Å². The number of carboxylic acids is 1. The summed E-state index contributed by atoms with van der Waals surface area (Å²) in [6.07, 6.45) is 0.684. The van der Waals surface area contributed by atoms with E-state index in [0.717, 1.165) is 5.56 Å². The first kappa shape index (κ1) is 16.7. The monoisotopic (exact) mass is 279 g/mol. The summed E-state index contributed by atoms with van der Waals surface area (Å²) >= 11 is 0. The molecule has 0 heterocycles. The van der Waals surface area contributed by atoms with E-state index in [9.17, 15) is 15.0 Å². The second kappa shape index (κ2) is 7.41. The minimum atomic E-state index is -0.854. The smallest absolute Gasteiger partial charge is 0.312 e. The van der Waals surface area contributed by atoms with Gasteiger partial charge < -0.3 is 15.5 Å². The molecular weight excluding hydrogens is 254 g/mol. The Morgan fingerprint density at radius 3 is 2.40 bits per heavy atom. The molecule has 0 amide bonds. The van der Waals surface area contributed by atoms with Crippen molar-refractivity contribution in [3.05, 3.63) is 35.9 Å². The molecule has 2 unspecified atom stereocenters. The lowest BCUT2D eigenvalue weighted by molar-refractivity contribution is -0.138. The van der Waals surface area contributed by atoms with E-state index in [1.54, 1.807) is 6.92 Å². The molecule has 2 atom stereocenters. The summed E-state index contributed by atoms with van der Waals surface area (Å²) in [6, 6.07) is 9.16. The number of hydrogen-bond acceptors (Lipinski definition) is 3. The van der Waals surface area contributed by atoms with Gasteiger partial charge in [0.15, 0.2) is 0 Å². The van der Waals surface area contributed by atoms with Gasteiger partial charge >= 0.3 is 5.97 Å². The van der Waals surface area contributed by atoms with E-state index in [1.165, 1.54) is 0 Å². The molecule has 4 nitrogen and oxygen atoms in total. The standard InChI is InChI=1S/C16H25NO3/c1-12(2)9-16(3,20)11-17-10-14(15(18)19)13-7-5-4-6-8-13/h4-8,12,14,17,20H,9-11H2,1-3H3,(H,18,19). The van der Waals surface area contributed by atoms with Gasteiger partial charge in [0, 0.05) is 13.1 Å². The Hall–Kier alpha value is -1.39. The van der Waals surface area contributed by atoms with Crippen LogP contribution in [-0.2, 0) is 4.79 Å². The van der Waals surface area contributed by atoms with Crippen molar-refractivity contribution in [1.82, 2.24) is 5.32 Å². The maximum absolute atomic E-state index is 11.3. The predicted octanol–water partition coefficient (Wildman–Crippen LogP) is 2.24. The van der Waals surface area contributed by atoms with Crippen molar-refractivity contribution in [1.29, 1.82) is 0 Å². The molecule has 0 aromatic heterocycles. The predicted molar refractivity (Wildman–Crippen MR) is 79.8 cm³/mol. The van der Waals surface area contributed by atoms with Crippen LogP contribution in [0, 0.1) is 5.92 Å². The SMILES string of the molecule is CC(C)CC(C)(O)CNCC(C(=O)O)c1ccccc1. The van der Waals surface area contributed by atoms with Gasteiger partial charge in [0.25, 0.3) is 0 Å². The van der Waals surface area contributed by atoms with Crippen LogP contribution in [0.5, 0.6) is 0 Å². The minimum Gasteiger partial charge on any atom is -0.481 e. The van der Waals surface area contributed by atoms with E-state index >= 15 is 0 Å². The topological polar surface area (TPSA) is 69.6 Å². The molecule has 0 bridgehead atoms. The van der Waals surface area contributed by atoms with Crippen LogP contribution in [-0.4, -0.2) is 34.9 Å². The lowest BCUT2D eigenvalue weighted by atomic mass is 9.93. The van der Waals surface area contributed by atoms with E-state index in [0.29, 0.717) is 25.4 Å². The van der Waals surface area contributed by atoms with Gasteiger partial charge in [-0.1, -0.05) is 44.2 Å². The summed E-state index contributed by atoms with van der Waals surface area (Å²) in [5.74, 6) is -1.05. The first-order valence-corrected chi connectivity index (χ1v) is 7.02. The van der Waals surface area contributed by atoms with Crippen molar-refractivity contribution in [2.24, 2.45) is 5.92 Å². The maximum Gasteiger partial charge on any atom is 0.312 e. The quantitative estimate of drug-likeness (QED) is 0.682. The summed E-state index contributed by atoms with van der Waals surface area (Å²) in [7, 11) is 0. The largest absolute Gasteiger partial charge is 0.481 e. The third-order valence-corrected chi connectivity index (χ3v) is 3.20. The highest BCUT2D eigenvalue weighted by Crippen LogP contribution is 2.17. The van der Waals surface area contributed by atoms with Gasteiger partial charge in [-0.15, -0.1) is 0 Å². The molecule has 1 rings (SSSR count). The molecule has 1 aromatic carbocycles. The number of hydrogen-bond donors (Lipinski definition) is 3. The molecule has 0 fully saturated rings. The number of nitrogens with one attached hydrogen (secondary N) is 1. The molecule has 0 radical (unpaired) electrons. The Morgan fingerprint density at radius 1 is 1.30 bits per heavy atom. The van der Waals surface area contributed by atoms with Crippen LogP contribution in [0.2, 0.25) is 0 Å². The van der Waals surface area contributed by atoms with Gasteiger partial charge in [-0.05, 0) is 24.8 Å². The van der Waals surface area contributed by atoms with E-state index in [2.05, 4.69) is 19.2 Å². The van der Waals surface area contributed by atoms with Gasteiger partial charge in [0.2, 0.25) is 0 Å². The fourth-order valence-electron chi connectivity index (χ4n) is 2.47. The van der Waals surface area contributed by atoms with Crippen LogP contribution in [0.25, 0.3) is 0 Å². The van der Waals surface area contributed by atoms with Gasteiger partial charge in [-0.25, -0.2) is 0 Å². The van der Waals surface area contributed by atoms with Gasteiger partial charge in [0.05, 0.1) is 11.5 Å². The third kappa shape index (κ3) is 5.72. The van der Waals surface area contributed by atoms with Crippen LogP contribution < -0.4 is 5.32 Å². The summed E-state index contributed by atoms with van der Waals surface area (Å²) in [6.45, 7) is 6.59. The molecule has 0 aliphatic carbocycles. The molecule has 0 spiro atoms. The zero-order chi connectivity index (χ0) is 15.2. The van der Waals surface area contributed by atoms with Crippen LogP contribution in [0.15, 0.2) is 30.3 Å². The first-order chi connectivity index (χ1) is 9.32. The Morgan fingerprint density at radius 2 is 1.90 bits per heavy atom. The molecular formula is C16H25NO3. The summed E-state index contributed by atoms with van der Waals surface area (Å²) < 4.78 is 0. The van der Waals surface area contributed by atoms with Crippen molar-refractivity contribution in [3.8, 4) is 0 Å². The first-order valence-electron chi connectivity index (χ1n) is 7.02. The number of aliphatic hydroxyl groups is 1. The van der Waals surface area contributed by atoms with Crippen LogP contribution >= 0.6 is 0 Å². The Balaban J connectivity index is 2.55. The lowest BCUT2D eigenvalue weighted by Gasteiger charge is -2.26. The maximum atomic E-state index is 11.3. The van der Waals surface area contributed by atoms with E-state index in [-0.39, 0.29) is 0 Å². The third-order valence-electron chi connectivity index (χ3n) is 3.20. The Labute approximate surface area is 120 Å². The second-order valence-electron chi connectivity index (χ2n) is 6.03. The summed E-state index contributed by atoms with van der Waals surface area (Å²) in [5, 5.41) is 22.6. The van der Waals surface area contributed by atoms with Gasteiger partial charge in [-0.3, -0.25) is 4.79 Å². The average Bonchev–Trinajstić information content (AvgIpc) is 2.33. The van der Waals surface area contributed by atoms with Crippen LogP contribution in [0.3, 0.4) is 0 Å². The Bertz CT molecular complexity index is 415. The molecule has 0 saturated carbocycles. The molecule has 0 aliphatic heterocycles. The normalized spacial score (nSPS) is 15.8. The number of benzene rings is 1. The number of carbonyl (C=O) groups is 1. The van der Waals surface area contributed by atoms with Gasteiger partial charge in [-0.2, -0.15) is 0 Å². The molecule has 0 saturated heterocycles. The summed E-state index contributed by atoms with van der Waals surface area (Å²) in [5.41, 5.74) is -0.0375. The molecule has 20 heavy (non-hydrogen) atoms. The molecule has 4 heteroatoms. The van der Waals surface area contributed by atoms with Crippen LogP contribution in [0.4, 0.5) is 0 Å². The molecule has 1 aromatic rings. The lowest BCUT2D eigenvalue weighted by Crippen LogP contribution is -2.41. The molecule has 112 valence electrons. The highest BCUT2D eigenvalue weighted by atomic mass is 16.4. The Kier molecular flexibility index (Phi) is 6.17. The molecule has 0 aliphatic rings. The minimum absolute atomic E-state index is 0.313. The average molecular weight is 279 g/mol. The zero-order valence-electron chi connectivity index (χ0n) is 12.5. The summed E-state index contributed by atoms with van der Waals surface area (Å²) in [4.78, 5) is 11.3. The van der Waals surface area contributed by atoms with Crippen molar-refractivity contribution < 1.29 is 15.0 Å². The highest BCUT2D eigenvalue weighted by Gasteiger charge is 2.24. The van der Waals surface area contributed by atoms with E-state index in [4.69, 9.17) is 0 Å². The van der Waals surface area contributed by atoms with Crippen LogP contribution in [0.1, 0.15) is 38.7 Å².